The Morgan fingerprint density at radius 3 is 2.65 bits per heavy atom. The average Bonchev–Trinajstić information content (AvgIpc) is 2.92. The molecule has 0 spiro atoms. The topological polar surface area (TPSA) is 101 Å². The molecule has 0 bridgehead atoms. The van der Waals surface area contributed by atoms with Crippen molar-refractivity contribution in [1.82, 2.24) is 15.1 Å². The Balaban J connectivity index is 1.78. The Labute approximate surface area is 140 Å². The van der Waals surface area contributed by atoms with Crippen LogP contribution in [0.25, 0.3) is 0 Å². The maximum atomic E-state index is 12.8. The number of nitrogens with two attached hydrogens (primary N) is 1. The van der Waals surface area contributed by atoms with Crippen molar-refractivity contribution < 1.29 is 14.0 Å². The lowest BCUT2D eigenvalue weighted by molar-refractivity contribution is -0.131. The summed E-state index contributed by atoms with van der Waals surface area (Å²) in [6.07, 6.45) is 0. The molecule has 23 heavy (non-hydrogen) atoms. The zero-order valence-corrected chi connectivity index (χ0v) is 13.8. The average molecular weight is 355 g/mol. The largest absolute Gasteiger partial charge is 0.374 e. The van der Waals surface area contributed by atoms with E-state index in [0.29, 0.717) is 15.2 Å². The fourth-order valence-corrected chi connectivity index (χ4v) is 3.13. The molecule has 10 heteroatoms. The van der Waals surface area contributed by atoms with Crippen LogP contribution in [0, 0.1) is 5.82 Å². The number of hydrogen-bond donors (Lipinski definition) is 2. The Morgan fingerprint density at radius 2 is 2.04 bits per heavy atom. The predicted octanol–water partition coefficient (Wildman–Crippen LogP) is 1.45. The molecule has 2 amide bonds. The number of anilines is 2. The van der Waals surface area contributed by atoms with Gasteiger partial charge in [-0.1, -0.05) is 23.1 Å². The molecule has 1 aromatic heterocycles. The van der Waals surface area contributed by atoms with Crippen molar-refractivity contribution in [3.8, 4) is 0 Å². The minimum absolute atomic E-state index is 0.102. The number of likely N-dealkylation sites (N-methyl/N-ethyl adjacent to an activating group) is 1. The van der Waals surface area contributed by atoms with E-state index in [1.54, 1.807) is 0 Å². The van der Waals surface area contributed by atoms with Crippen molar-refractivity contribution in [3.63, 3.8) is 0 Å². The number of carbonyl (C=O) groups is 2. The van der Waals surface area contributed by atoms with Gasteiger partial charge in [-0.2, -0.15) is 0 Å². The molecule has 0 saturated carbocycles. The second kappa shape index (κ2) is 7.88. The zero-order valence-electron chi connectivity index (χ0n) is 12.2. The molecule has 3 N–H and O–H groups in total. The van der Waals surface area contributed by atoms with Crippen molar-refractivity contribution in [2.24, 2.45) is 0 Å². The molecule has 0 radical (unpaired) electrons. The normalized spacial score (nSPS) is 10.3. The van der Waals surface area contributed by atoms with Gasteiger partial charge in [0, 0.05) is 12.7 Å². The van der Waals surface area contributed by atoms with E-state index in [-0.39, 0.29) is 29.9 Å². The Morgan fingerprint density at radius 1 is 1.35 bits per heavy atom. The molecule has 0 aliphatic carbocycles. The van der Waals surface area contributed by atoms with Crippen LogP contribution in [0.3, 0.4) is 0 Å². The van der Waals surface area contributed by atoms with Gasteiger partial charge in [0.25, 0.3) is 0 Å². The van der Waals surface area contributed by atoms with Gasteiger partial charge in [-0.05, 0) is 24.3 Å². The van der Waals surface area contributed by atoms with Crippen LogP contribution in [0.2, 0.25) is 0 Å². The molecule has 0 unspecified atom stereocenters. The van der Waals surface area contributed by atoms with Gasteiger partial charge in [-0.25, -0.2) is 4.39 Å². The highest BCUT2D eigenvalue weighted by Crippen LogP contribution is 2.23. The highest BCUT2D eigenvalue weighted by Gasteiger charge is 2.14. The molecule has 0 atom stereocenters. The van der Waals surface area contributed by atoms with Gasteiger partial charge in [0.1, 0.15) is 5.82 Å². The Hall–Kier alpha value is -2.20. The quantitative estimate of drug-likeness (QED) is 0.761. The van der Waals surface area contributed by atoms with E-state index in [0.717, 1.165) is 0 Å². The Bertz CT molecular complexity index is 692. The van der Waals surface area contributed by atoms with Crippen LogP contribution < -0.4 is 11.1 Å². The molecule has 7 nitrogen and oxygen atoms in total. The third kappa shape index (κ3) is 5.49. The summed E-state index contributed by atoms with van der Waals surface area (Å²) in [5.74, 6) is -0.838. The van der Waals surface area contributed by atoms with E-state index in [4.69, 9.17) is 5.73 Å². The van der Waals surface area contributed by atoms with Crippen LogP contribution in [0.1, 0.15) is 0 Å². The van der Waals surface area contributed by atoms with Crippen molar-refractivity contribution >= 4 is 45.7 Å². The maximum Gasteiger partial charge on any atom is 0.243 e. The first kappa shape index (κ1) is 17.2. The van der Waals surface area contributed by atoms with Gasteiger partial charge in [0.05, 0.1) is 12.3 Å². The molecule has 122 valence electrons. The summed E-state index contributed by atoms with van der Waals surface area (Å²) in [5.41, 5.74) is 5.92. The third-order valence-corrected chi connectivity index (χ3v) is 4.55. The van der Waals surface area contributed by atoms with Crippen LogP contribution in [-0.4, -0.2) is 46.3 Å². The SMILES string of the molecule is CN(CC(=O)Nc1ccc(F)cc1)C(=O)CSc1nnc(N)s1. The highest BCUT2D eigenvalue weighted by atomic mass is 32.2. The number of thioether (sulfide) groups is 1. The first-order valence-corrected chi connectivity index (χ1v) is 8.25. The molecule has 0 aliphatic rings. The fraction of sp³-hybridized carbons (Fsp3) is 0.231. The number of hydrogen-bond acceptors (Lipinski definition) is 7. The summed E-state index contributed by atoms with van der Waals surface area (Å²) in [6.45, 7) is -0.102. The number of nitrogens with one attached hydrogen (secondary N) is 1. The first-order chi connectivity index (χ1) is 10.9. The second-order valence-corrected chi connectivity index (χ2v) is 6.73. The molecule has 2 rings (SSSR count). The van der Waals surface area contributed by atoms with Gasteiger partial charge in [0.2, 0.25) is 16.9 Å². The van der Waals surface area contributed by atoms with E-state index in [1.807, 2.05) is 0 Å². The van der Waals surface area contributed by atoms with Crippen molar-refractivity contribution in [3.05, 3.63) is 30.1 Å². The number of benzene rings is 1. The molecular weight excluding hydrogens is 341 g/mol. The number of carbonyl (C=O) groups excluding carboxylic acids is 2. The van der Waals surface area contributed by atoms with Crippen LogP contribution in [-0.2, 0) is 9.59 Å². The summed E-state index contributed by atoms with van der Waals surface area (Å²) < 4.78 is 13.4. The van der Waals surface area contributed by atoms with Crippen LogP contribution in [0.15, 0.2) is 28.6 Å². The van der Waals surface area contributed by atoms with E-state index in [9.17, 15) is 14.0 Å². The molecule has 0 aliphatic heterocycles. The van der Waals surface area contributed by atoms with Gasteiger partial charge in [-0.3, -0.25) is 9.59 Å². The third-order valence-electron chi connectivity index (χ3n) is 2.68. The van der Waals surface area contributed by atoms with E-state index in [2.05, 4.69) is 15.5 Å². The first-order valence-electron chi connectivity index (χ1n) is 6.45. The minimum Gasteiger partial charge on any atom is -0.374 e. The van der Waals surface area contributed by atoms with Crippen molar-refractivity contribution in [1.29, 1.82) is 0 Å². The number of nitrogens with zero attached hydrogens (tertiary/aromatic N) is 3. The molecule has 1 aromatic carbocycles. The van der Waals surface area contributed by atoms with Crippen LogP contribution in [0.4, 0.5) is 15.2 Å². The van der Waals surface area contributed by atoms with E-state index >= 15 is 0 Å². The maximum absolute atomic E-state index is 12.8. The number of nitrogen functional groups attached to an aromatic ring is 1. The predicted molar refractivity (Wildman–Crippen MR) is 87.7 cm³/mol. The molecule has 1 heterocycles. The number of halogens is 1. The lowest BCUT2D eigenvalue weighted by Crippen LogP contribution is -2.35. The number of rotatable bonds is 6. The summed E-state index contributed by atoms with van der Waals surface area (Å²) in [6, 6.07) is 5.39. The van der Waals surface area contributed by atoms with Crippen molar-refractivity contribution in [2.45, 2.75) is 4.34 Å². The smallest absolute Gasteiger partial charge is 0.243 e. The van der Waals surface area contributed by atoms with Gasteiger partial charge < -0.3 is 16.0 Å². The Kier molecular flexibility index (Phi) is 5.88. The zero-order chi connectivity index (χ0) is 16.8. The molecule has 2 aromatic rings. The monoisotopic (exact) mass is 355 g/mol. The van der Waals surface area contributed by atoms with Crippen LogP contribution >= 0.6 is 23.1 Å². The number of amides is 2. The summed E-state index contributed by atoms with van der Waals surface area (Å²) in [7, 11) is 1.53. The molecular formula is C13H14FN5O2S2. The molecule has 0 saturated heterocycles. The summed E-state index contributed by atoms with van der Waals surface area (Å²) >= 11 is 2.41. The lowest BCUT2D eigenvalue weighted by atomic mass is 10.3. The summed E-state index contributed by atoms with van der Waals surface area (Å²) in [5, 5.41) is 10.4. The van der Waals surface area contributed by atoms with Crippen molar-refractivity contribution in [2.75, 3.05) is 30.4 Å². The highest BCUT2D eigenvalue weighted by molar-refractivity contribution is 8.01. The second-order valence-electron chi connectivity index (χ2n) is 4.50. The van der Waals surface area contributed by atoms with Crippen LogP contribution in [0.5, 0.6) is 0 Å². The standard InChI is InChI=1S/C13H14FN5O2S2/c1-19(11(21)7-22-13-18-17-12(15)23-13)6-10(20)16-9-4-2-8(14)3-5-9/h2-5H,6-7H2,1H3,(H2,15,17)(H,16,20). The lowest BCUT2D eigenvalue weighted by Gasteiger charge is -2.16. The summed E-state index contributed by atoms with van der Waals surface area (Å²) in [4.78, 5) is 25.1. The van der Waals surface area contributed by atoms with Gasteiger partial charge >= 0.3 is 0 Å². The number of aromatic nitrogens is 2. The van der Waals surface area contributed by atoms with E-state index < -0.39 is 0 Å². The van der Waals surface area contributed by atoms with Gasteiger partial charge in [-0.15, -0.1) is 10.2 Å². The fourth-order valence-electron chi connectivity index (χ4n) is 1.55. The van der Waals surface area contributed by atoms with E-state index in [1.165, 1.54) is 59.3 Å². The minimum atomic E-state index is -0.385. The van der Waals surface area contributed by atoms with Gasteiger partial charge in [0.15, 0.2) is 4.34 Å². The molecule has 0 fully saturated rings.